The lowest BCUT2D eigenvalue weighted by Gasteiger charge is -2.25. The molecule has 0 heterocycles. The van der Waals surface area contributed by atoms with Gasteiger partial charge < -0.3 is 41.2 Å². The first kappa shape index (κ1) is 40.2. The number of anilines is 1. The number of nitro benzene ring substituents is 1. The average Bonchev–Trinajstić information content (AvgIpc) is 3.50. The average molecular weight is 767 g/mol. The molecule has 292 valence electrons. The fraction of sp³-hybridized carbons (Fsp3) is 0.275. The number of benzene rings is 4. The van der Waals surface area contributed by atoms with Crippen molar-refractivity contribution in [1.82, 2.24) is 16.0 Å². The summed E-state index contributed by atoms with van der Waals surface area (Å²) in [5, 5.41) is 21.4. The van der Waals surface area contributed by atoms with Crippen LogP contribution < -0.4 is 31.7 Å². The van der Waals surface area contributed by atoms with Gasteiger partial charge in [-0.25, -0.2) is 14.4 Å². The highest BCUT2D eigenvalue weighted by Crippen LogP contribution is 2.44. The van der Waals surface area contributed by atoms with Gasteiger partial charge in [-0.2, -0.15) is 0 Å². The van der Waals surface area contributed by atoms with Crippen LogP contribution in [0.25, 0.3) is 11.1 Å². The third-order valence-electron chi connectivity index (χ3n) is 8.99. The predicted molar refractivity (Wildman–Crippen MR) is 205 cm³/mol. The number of nitro groups is 1. The monoisotopic (exact) mass is 766 g/mol. The summed E-state index contributed by atoms with van der Waals surface area (Å²) in [6.45, 7) is 3.54. The Kier molecular flexibility index (Phi) is 13.6. The molecule has 0 fully saturated rings. The van der Waals surface area contributed by atoms with Gasteiger partial charge in [0.25, 0.3) is 5.69 Å². The second-order valence-electron chi connectivity index (χ2n) is 13.3. The van der Waals surface area contributed by atoms with Crippen molar-refractivity contribution in [3.8, 4) is 16.9 Å². The van der Waals surface area contributed by atoms with Gasteiger partial charge in [-0.15, -0.1) is 0 Å². The maximum Gasteiger partial charge on any atom is 0.514 e. The molecule has 2 atom stereocenters. The number of primary amides is 1. The molecule has 0 spiro atoms. The summed E-state index contributed by atoms with van der Waals surface area (Å²) in [5.74, 6) is -1.65. The minimum absolute atomic E-state index is 0.0569. The van der Waals surface area contributed by atoms with E-state index in [9.17, 15) is 34.1 Å². The zero-order valence-corrected chi connectivity index (χ0v) is 30.7. The van der Waals surface area contributed by atoms with Gasteiger partial charge in [0, 0.05) is 30.3 Å². The largest absolute Gasteiger partial charge is 0.514 e. The second kappa shape index (κ2) is 18.9. The van der Waals surface area contributed by atoms with Gasteiger partial charge in [-0.05, 0) is 70.8 Å². The van der Waals surface area contributed by atoms with Crippen LogP contribution in [0.15, 0.2) is 97.1 Å². The van der Waals surface area contributed by atoms with Crippen LogP contribution in [0.1, 0.15) is 49.3 Å². The first-order chi connectivity index (χ1) is 26.9. The van der Waals surface area contributed by atoms with E-state index in [1.807, 2.05) is 48.5 Å². The number of urea groups is 1. The Bertz CT molecular complexity index is 2010. The molecule has 0 unspecified atom stereocenters. The number of non-ortho nitro benzene ring substituents is 1. The zero-order chi connectivity index (χ0) is 40.2. The third-order valence-corrected chi connectivity index (χ3v) is 8.99. The van der Waals surface area contributed by atoms with Crippen molar-refractivity contribution in [3.05, 3.63) is 124 Å². The highest BCUT2D eigenvalue weighted by Gasteiger charge is 2.32. The van der Waals surface area contributed by atoms with Crippen LogP contribution in [-0.2, 0) is 25.7 Å². The molecule has 0 bridgehead atoms. The Morgan fingerprint density at radius 1 is 0.804 bits per heavy atom. The lowest BCUT2D eigenvalue weighted by Crippen LogP contribution is -2.54. The molecule has 5 rings (SSSR count). The van der Waals surface area contributed by atoms with Crippen LogP contribution in [0, 0.1) is 16.0 Å². The van der Waals surface area contributed by atoms with E-state index < -0.39 is 47.1 Å². The minimum atomic E-state index is -1.07. The lowest BCUT2D eigenvalue weighted by molar-refractivity contribution is -0.384. The molecule has 56 heavy (non-hydrogen) atoms. The SMILES string of the molecule is CC(C)[C@@H](NC(=O)OCC1c2ccccc2-c2ccccc21)C(=O)N[C@@H](CCCNC(N)=O)C(=O)Nc1ccc(COC(=O)Oc2ccc([N+](=O)[O-])cc2)cc1. The van der Waals surface area contributed by atoms with Gasteiger partial charge in [-0.1, -0.05) is 74.5 Å². The fourth-order valence-electron chi connectivity index (χ4n) is 6.17. The van der Waals surface area contributed by atoms with Crippen molar-refractivity contribution >= 4 is 41.5 Å². The molecule has 4 aromatic carbocycles. The maximum atomic E-state index is 13.6. The van der Waals surface area contributed by atoms with Crippen LogP contribution in [0.3, 0.4) is 0 Å². The molecule has 1 aliphatic rings. The summed E-state index contributed by atoms with van der Waals surface area (Å²) < 4.78 is 15.8. The number of ether oxygens (including phenoxy) is 3. The van der Waals surface area contributed by atoms with E-state index in [4.69, 9.17) is 19.9 Å². The van der Waals surface area contributed by atoms with E-state index in [0.29, 0.717) is 17.7 Å². The zero-order valence-electron chi connectivity index (χ0n) is 30.7. The van der Waals surface area contributed by atoms with Crippen LogP contribution in [0.4, 0.5) is 25.8 Å². The number of rotatable bonds is 16. The molecule has 5 amide bonds. The number of nitrogens with two attached hydrogens (primary N) is 1. The molecule has 0 aromatic heterocycles. The Morgan fingerprint density at radius 2 is 1.43 bits per heavy atom. The normalized spacial score (nSPS) is 12.6. The molecule has 0 radical (unpaired) electrons. The first-order valence-corrected chi connectivity index (χ1v) is 17.8. The number of hydrogen-bond acceptors (Lipinski definition) is 10. The van der Waals surface area contributed by atoms with E-state index in [1.165, 1.54) is 24.3 Å². The van der Waals surface area contributed by atoms with Gasteiger partial charge in [0.05, 0.1) is 4.92 Å². The molecule has 4 aromatic rings. The number of nitrogens with one attached hydrogen (secondary N) is 4. The van der Waals surface area contributed by atoms with Gasteiger partial charge in [0.15, 0.2) is 0 Å². The summed E-state index contributed by atoms with van der Waals surface area (Å²) in [4.78, 5) is 73.8. The third kappa shape index (κ3) is 10.8. The number of carbonyl (C=O) groups excluding carboxylic acids is 5. The van der Waals surface area contributed by atoms with Crippen LogP contribution >= 0.6 is 0 Å². The summed E-state index contributed by atoms with van der Waals surface area (Å²) in [6.07, 6.45) is -1.39. The smallest absolute Gasteiger partial charge is 0.449 e. The number of hydrogen-bond donors (Lipinski definition) is 5. The summed E-state index contributed by atoms with van der Waals surface area (Å²) in [7, 11) is 0. The van der Waals surface area contributed by atoms with Crippen molar-refractivity contribution < 1.29 is 43.1 Å². The summed E-state index contributed by atoms with van der Waals surface area (Å²) >= 11 is 0. The number of fused-ring (bicyclic) bond motifs is 3. The molecule has 16 heteroatoms. The second-order valence-corrected chi connectivity index (χ2v) is 13.3. The van der Waals surface area contributed by atoms with Crippen LogP contribution in [0.2, 0.25) is 0 Å². The van der Waals surface area contributed by atoms with Gasteiger partial charge in [0.2, 0.25) is 11.8 Å². The summed E-state index contributed by atoms with van der Waals surface area (Å²) in [6, 6.07) is 24.3. The Hall–Kier alpha value is -6.97. The van der Waals surface area contributed by atoms with Crippen molar-refractivity contribution in [2.45, 2.75) is 51.3 Å². The van der Waals surface area contributed by atoms with Crippen LogP contribution in [-0.4, -0.2) is 60.3 Å². The standard InChI is InChI=1S/C40H42N6O10/c1-24(2)35(45-39(50)54-23-33-31-10-5-3-8-29(31)30-9-4-6-11-32(30)33)37(48)44-34(12-7-21-42-38(41)49)36(47)43-26-15-13-25(14-16-26)22-55-40(51)56-28-19-17-27(18-20-28)46(52)53/h3-6,8-11,13-20,24,33-35H,7,12,21-23H2,1-2H3,(H,43,47)(H,44,48)(H,45,50)(H3,41,42,49)/t34-,35+/m0/s1. The van der Waals surface area contributed by atoms with Gasteiger partial charge >= 0.3 is 18.3 Å². The van der Waals surface area contributed by atoms with E-state index in [2.05, 4.69) is 21.3 Å². The van der Waals surface area contributed by atoms with Crippen molar-refractivity contribution in [2.24, 2.45) is 11.7 Å². The molecule has 0 saturated heterocycles. The molecule has 0 saturated carbocycles. The van der Waals surface area contributed by atoms with E-state index >= 15 is 0 Å². The number of nitrogens with zero attached hydrogens (tertiary/aromatic N) is 1. The molecular formula is C40H42N6O10. The maximum absolute atomic E-state index is 13.6. The Morgan fingerprint density at radius 3 is 2.02 bits per heavy atom. The number of carbonyl (C=O) groups is 5. The summed E-state index contributed by atoms with van der Waals surface area (Å²) in [5.41, 5.74) is 10.2. The Balaban J connectivity index is 1.16. The molecular weight excluding hydrogens is 724 g/mol. The van der Waals surface area contributed by atoms with Crippen molar-refractivity contribution in [3.63, 3.8) is 0 Å². The van der Waals surface area contributed by atoms with E-state index in [0.717, 1.165) is 22.3 Å². The predicted octanol–water partition coefficient (Wildman–Crippen LogP) is 5.75. The molecule has 16 nitrogen and oxygen atoms in total. The van der Waals surface area contributed by atoms with E-state index in [-0.39, 0.29) is 49.5 Å². The van der Waals surface area contributed by atoms with Crippen LogP contribution in [0.5, 0.6) is 5.75 Å². The number of alkyl carbamates (subject to hydrolysis) is 1. The number of amides is 5. The van der Waals surface area contributed by atoms with Crippen molar-refractivity contribution in [1.29, 1.82) is 0 Å². The first-order valence-electron chi connectivity index (χ1n) is 17.8. The molecule has 0 aliphatic heterocycles. The fourth-order valence-corrected chi connectivity index (χ4v) is 6.17. The lowest BCUT2D eigenvalue weighted by atomic mass is 9.98. The van der Waals surface area contributed by atoms with Gasteiger partial charge in [0.1, 0.15) is 31.0 Å². The Labute approximate surface area is 322 Å². The minimum Gasteiger partial charge on any atom is -0.449 e. The van der Waals surface area contributed by atoms with Crippen molar-refractivity contribution in [2.75, 3.05) is 18.5 Å². The molecule has 6 N–H and O–H groups in total. The topological polar surface area (TPSA) is 230 Å². The highest BCUT2D eigenvalue weighted by molar-refractivity contribution is 5.98. The van der Waals surface area contributed by atoms with Gasteiger partial charge in [-0.3, -0.25) is 19.7 Å². The van der Waals surface area contributed by atoms with E-state index in [1.54, 1.807) is 38.1 Å². The quantitative estimate of drug-likeness (QED) is 0.0305. The molecule has 1 aliphatic carbocycles. The highest BCUT2D eigenvalue weighted by atomic mass is 16.7.